The van der Waals surface area contributed by atoms with Crippen molar-refractivity contribution in [1.82, 2.24) is 10.2 Å². The van der Waals surface area contributed by atoms with E-state index in [0.717, 1.165) is 0 Å². The molecule has 0 atom stereocenters. The lowest BCUT2D eigenvalue weighted by molar-refractivity contribution is -0.148. The topological polar surface area (TPSA) is 49.4 Å². The first-order valence-electron chi connectivity index (χ1n) is 6.24. The summed E-state index contributed by atoms with van der Waals surface area (Å²) >= 11 is 0. The van der Waals surface area contributed by atoms with Crippen molar-refractivity contribution in [2.24, 2.45) is 0 Å². The van der Waals surface area contributed by atoms with Crippen molar-refractivity contribution in [3.05, 3.63) is 35.6 Å². The van der Waals surface area contributed by atoms with Crippen molar-refractivity contribution in [3.63, 3.8) is 0 Å². The van der Waals surface area contributed by atoms with Gasteiger partial charge in [-0.3, -0.25) is 9.59 Å². The lowest BCUT2D eigenvalue weighted by atomic mass is 10.00. The first kappa shape index (κ1) is 13.5. The molecule has 2 amide bonds. The van der Waals surface area contributed by atoms with Gasteiger partial charge in [-0.25, -0.2) is 4.39 Å². The first-order valence-corrected chi connectivity index (χ1v) is 6.24. The highest BCUT2D eigenvalue weighted by Crippen LogP contribution is 2.15. The van der Waals surface area contributed by atoms with Crippen molar-refractivity contribution in [2.75, 3.05) is 13.1 Å². The lowest BCUT2D eigenvalue weighted by Gasteiger charge is -2.37. The Morgan fingerprint density at radius 3 is 2.68 bits per heavy atom. The molecule has 0 radical (unpaired) electrons. The number of amides is 2. The Morgan fingerprint density at radius 1 is 1.32 bits per heavy atom. The van der Waals surface area contributed by atoms with Crippen LogP contribution >= 0.6 is 0 Å². The van der Waals surface area contributed by atoms with E-state index in [2.05, 4.69) is 5.32 Å². The van der Waals surface area contributed by atoms with Crippen molar-refractivity contribution in [3.8, 4) is 0 Å². The third-order valence-corrected chi connectivity index (χ3v) is 3.22. The maximum Gasteiger partial charge on any atom is 0.248 e. The summed E-state index contributed by atoms with van der Waals surface area (Å²) in [5, 5.41) is 2.64. The zero-order chi connectivity index (χ0) is 14.0. The number of nitrogens with one attached hydrogen (secondary N) is 1. The van der Waals surface area contributed by atoms with Gasteiger partial charge in [0.1, 0.15) is 11.4 Å². The van der Waals surface area contributed by atoms with Crippen LogP contribution in [0, 0.1) is 5.82 Å². The molecule has 1 heterocycles. The standard InChI is InChI=1S/C14H17FN2O2/c1-14(2)13(19)17(9-12(18)16-14)8-7-10-5-3-4-6-11(10)15/h3-6H,7-9H2,1-2H3,(H,16,18). The van der Waals surface area contributed by atoms with Crippen LogP contribution in [0.2, 0.25) is 0 Å². The number of carbonyl (C=O) groups excluding carboxylic acids is 2. The predicted molar refractivity (Wildman–Crippen MR) is 68.9 cm³/mol. The molecule has 0 unspecified atom stereocenters. The molecule has 19 heavy (non-hydrogen) atoms. The fourth-order valence-electron chi connectivity index (χ4n) is 2.22. The molecular formula is C14H17FN2O2. The summed E-state index contributed by atoms with van der Waals surface area (Å²) in [4.78, 5) is 25.1. The van der Waals surface area contributed by atoms with E-state index in [1.165, 1.54) is 11.0 Å². The fraction of sp³-hybridized carbons (Fsp3) is 0.429. The number of benzene rings is 1. The zero-order valence-corrected chi connectivity index (χ0v) is 11.1. The number of carbonyl (C=O) groups is 2. The molecule has 1 N–H and O–H groups in total. The fourth-order valence-corrected chi connectivity index (χ4v) is 2.22. The first-order chi connectivity index (χ1) is 8.90. The summed E-state index contributed by atoms with van der Waals surface area (Å²) in [6.07, 6.45) is 0.405. The van der Waals surface area contributed by atoms with Gasteiger partial charge in [0.2, 0.25) is 11.8 Å². The summed E-state index contributed by atoms with van der Waals surface area (Å²) in [5.41, 5.74) is -0.330. The van der Waals surface area contributed by atoms with E-state index in [1.807, 2.05) is 0 Å². The molecule has 1 aromatic carbocycles. The smallest absolute Gasteiger partial charge is 0.248 e. The monoisotopic (exact) mass is 264 g/mol. The van der Waals surface area contributed by atoms with E-state index in [1.54, 1.807) is 32.0 Å². The molecule has 1 aromatic rings. The lowest BCUT2D eigenvalue weighted by Crippen LogP contribution is -2.64. The summed E-state index contributed by atoms with van der Waals surface area (Å²) < 4.78 is 13.5. The van der Waals surface area contributed by atoms with Crippen LogP contribution in [0.25, 0.3) is 0 Å². The summed E-state index contributed by atoms with van der Waals surface area (Å²) in [6.45, 7) is 3.72. The Morgan fingerprint density at radius 2 is 2.00 bits per heavy atom. The van der Waals surface area contributed by atoms with E-state index >= 15 is 0 Å². The van der Waals surface area contributed by atoms with Gasteiger partial charge in [-0.15, -0.1) is 0 Å². The van der Waals surface area contributed by atoms with Crippen molar-refractivity contribution < 1.29 is 14.0 Å². The predicted octanol–water partition coefficient (Wildman–Crippen LogP) is 1.11. The normalized spacial score (nSPS) is 18.4. The molecule has 5 heteroatoms. The molecule has 0 bridgehead atoms. The Hall–Kier alpha value is -1.91. The van der Waals surface area contributed by atoms with Gasteiger partial charge in [-0.1, -0.05) is 18.2 Å². The Bertz CT molecular complexity index is 514. The number of nitrogens with zero attached hydrogens (tertiary/aromatic N) is 1. The van der Waals surface area contributed by atoms with Gasteiger partial charge < -0.3 is 10.2 Å². The van der Waals surface area contributed by atoms with Crippen LogP contribution < -0.4 is 5.32 Å². The second kappa shape index (κ2) is 4.99. The quantitative estimate of drug-likeness (QED) is 0.889. The van der Waals surface area contributed by atoms with Crippen molar-refractivity contribution in [1.29, 1.82) is 0 Å². The van der Waals surface area contributed by atoms with Crippen LogP contribution in [0.1, 0.15) is 19.4 Å². The van der Waals surface area contributed by atoms with Gasteiger partial charge in [-0.05, 0) is 31.9 Å². The third-order valence-electron chi connectivity index (χ3n) is 3.22. The molecule has 2 rings (SSSR count). The highest BCUT2D eigenvalue weighted by Gasteiger charge is 2.38. The Kier molecular flexibility index (Phi) is 3.55. The molecule has 4 nitrogen and oxygen atoms in total. The molecule has 1 fully saturated rings. The number of piperazine rings is 1. The largest absolute Gasteiger partial charge is 0.341 e. The van der Waals surface area contributed by atoms with E-state index in [9.17, 15) is 14.0 Å². The van der Waals surface area contributed by atoms with Gasteiger partial charge in [0.25, 0.3) is 0 Å². The number of rotatable bonds is 3. The summed E-state index contributed by atoms with van der Waals surface area (Å²) in [5.74, 6) is -0.600. The van der Waals surface area contributed by atoms with Gasteiger partial charge in [0.15, 0.2) is 0 Å². The SMILES string of the molecule is CC1(C)NC(=O)CN(CCc2ccccc2F)C1=O. The zero-order valence-electron chi connectivity index (χ0n) is 11.1. The molecule has 102 valence electrons. The molecule has 0 saturated carbocycles. The van der Waals surface area contributed by atoms with E-state index in [0.29, 0.717) is 18.5 Å². The van der Waals surface area contributed by atoms with Gasteiger partial charge in [0, 0.05) is 6.54 Å². The van der Waals surface area contributed by atoms with Gasteiger partial charge >= 0.3 is 0 Å². The van der Waals surface area contributed by atoms with Gasteiger partial charge in [-0.2, -0.15) is 0 Å². The molecule has 1 aliphatic rings. The van der Waals surface area contributed by atoms with Crippen LogP contribution in [-0.4, -0.2) is 35.3 Å². The van der Waals surface area contributed by atoms with Crippen LogP contribution in [0.5, 0.6) is 0 Å². The van der Waals surface area contributed by atoms with Gasteiger partial charge in [0.05, 0.1) is 6.54 Å². The summed E-state index contributed by atoms with van der Waals surface area (Å²) in [6, 6.07) is 6.47. The average Bonchev–Trinajstić information content (AvgIpc) is 2.33. The highest BCUT2D eigenvalue weighted by molar-refractivity contribution is 5.97. The van der Waals surface area contributed by atoms with Crippen LogP contribution in [0.15, 0.2) is 24.3 Å². The maximum absolute atomic E-state index is 13.5. The van der Waals surface area contributed by atoms with E-state index in [4.69, 9.17) is 0 Å². The van der Waals surface area contributed by atoms with Crippen molar-refractivity contribution in [2.45, 2.75) is 25.8 Å². The van der Waals surface area contributed by atoms with Crippen LogP contribution in [0.4, 0.5) is 4.39 Å². The maximum atomic E-state index is 13.5. The number of hydrogen-bond acceptors (Lipinski definition) is 2. The minimum Gasteiger partial charge on any atom is -0.341 e. The van der Waals surface area contributed by atoms with Crippen molar-refractivity contribution >= 4 is 11.8 Å². The Balaban J connectivity index is 2.05. The Labute approximate surface area is 111 Å². The molecule has 1 aliphatic heterocycles. The molecule has 1 saturated heterocycles. The number of hydrogen-bond donors (Lipinski definition) is 1. The second-order valence-electron chi connectivity index (χ2n) is 5.24. The average molecular weight is 264 g/mol. The van der Waals surface area contributed by atoms with Crippen LogP contribution in [0.3, 0.4) is 0 Å². The summed E-state index contributed by atoms with van der Waals surface area (Å²) in [7, 11) is 0. The molecule has 0 aliphatic carbocycles. The molecular weight excluding hydrogens is 247 g/mol. The number of halogens is 1. The van der Waals surface area contributed by atoms with E-state index < -0.39 is 5.54 Å². The highest BCUT2D eigenvalue weighted by atomic mass is 19.1. The minimum absolute atomic E-state index is 0.0384. The van der Waals surface area contributed by atoms with Crippen LogP contribution in [-0.2, 0) is 16.0 Å². The van der Waals surface area contributed by atoms with E-state index in [-0.39, 0.29) is 24.2 Å². The molecule has 0 spiro atoms. The second-order valence-corrected chi connectivity index (χ2v) is 5.24. The third kappa shape index (κ3) is 2.92. The minimum atomic E-state index is -0.884. The molecule has 0 aromatic heterocycles.